The summed E-state index contributed by atoms with van der Waals surface area (Å²) in [6.07, 6.45) is -0.773. The first-order valence-corrected chi connectivity index (χ1v) is 7.50. The van der Waals surface area contributed by atoms with Crippen LogP contribution in [-0.4, -0.2) is 19.3 Å². The van der Waals surface area contributed by atoms with Crippen molar-refractivity contribution in [3.8, 4) is 11.5 Å². The van der Waals surface area contributed by atoms with E-state index >= 15 is 0 Å². The summed E-state index contributed by atoms with van der Waals surface area (Å²) in [7, 11) is 3.19. The molecule has 0 bridgehead atoms. The van der Waals surface area contributed by atoms with Crippen LogP contribution in [-0.2, 0) is 0 Å². The molecule has 1 N–H and O–H groups in total. The smallest absolute Gasteiger partial charge is 0.133 e. The van der Waals surface area contributed by atoms with Crippen LogP contribution in [0, 0.1) is 0 Å². The summed E-state index contributed by atoms with van der Waals surface area (Å²) in [5.74, 6) is 1.37. The van der Waals surface area contributed by atoms with E-state index in [0.29, 0.717) is 11.3 Å². The zero-order valence-corrected chi connectivity index (χ0v) is 14.2. The maximum Gasteiger partial charge on any atom is 0.133 e. The molecule has 1 atom stereocenters. The number of halogens is 2. The van der Waals surface area contributed by atoms with E-state index in [1.807, 2.05) is 36.4 Å². The van der Waals surface area contributed by atoms with Gasteiger partial charge in [-0.15, -0.1) is 0 Å². The molecule has 2 aromatic carbocycles. The molecule has 1 unspecified atom stereocenters. The quantitative estimate of drug-likeness (QED) is 0.829. The molecule has 20 heavy (non-hydrogen) atoms. The largest absolute Gasteiger partial charge is 0.496 e. The summed E-state index contributed by atoms with van der Waals surface area (Å²) >= 11 is 6.83. The first kappa shape index (κ1) is 15.4. The average Bonchev–Trinajstić information content (AvgIpc) is 2.46. The van der Waals surface area contributed by atoms with Crippen molar-refractivity contribution < 1.29 is 14.6 Å². The Kier molecular flexibility index (Phi) is 5.07. The Morgan fingerprint density at radius 1 is 0.950 bits per heavy atom. The molecule has 2 rings (SSSR count). The molecule has 0 aromatic heterocycles. The number of benzene rings is 2. The summed E-state index contributed by atoms with van der Waals surface area (Å²) in [5, 5.41) is 10.6. The van der Waals surface area contributed by atoms with Crippen molar-refractivity contribution in [3.63, 3.8) is 0 Å². The van der Waals surface area contributed by atoms with Gasteiger partial charge in [-0.1, -0.05) is 22.0 Å². The number of hydrogen-bond acceptors (Lipinski definition) is 3. The Hall–Kier alpha value is -1.04. The van der Waals surface area contributed by atoms with Gasteiger partial charge in [-0.05, 0) is 51.8 Å². The zero-order valence-electron chi connectivity index (χ0n) is 11.1. The number of methoxy groups -OCH3 is 2. The lowest BCUT2D eigenvalue weighted by atomic mass is 10.0. The maximum absolute atomic E-state index is 10.6. The van der Waals surface area contributed by atoms with E-state index in [1.165, 1.54) is 0 Å². The topological polar surface area (TPSA) is 38.7 Å². The lowest BCUT2D eigenvalue weighted by Crippen LogP contribution is -2.03. The first-order valence-electron chi connectivity index (χ1n) is 5.91. The van der Waals surface area contributed by atoms with Crippen LogP contribution in [0.15, 0.2) is 45.3 Å². The van der Waals surface area contributed by atoms with Crippen molar-refractivity contribution >= 4 is 31.9 Å². The second-order valence-corrected chi connectivity index (χ2v) is 5.95. The van der Waals surface area contributed by atoms with Gasteiger partial charge in [0.25, 0.3) is 0 Å². The highest BCUT2D eigenvalue weighted by Crippen LogP contribution is 2.35. The Bertz CT molecular complexity index is 614. The Labute approximate surface area is 134 Å². The molecule has 0 radical (unpaired) electrons. The van der Waals surface area contributed by atoms with Crippen molar-refractivity contribution in [1.29, 1.82) is 0 Å². The zero-order chi connectivity index (χ0) is 14.7. The molecule has 0 fully saturated rings. The van der Waals surface area contributed by atoms with Crippen LogP contribution in [0.2, 0.25) is 0 Å². The molecular weight excluding hydrogens is 388 g/mol. The predicted molar refractivity (Wildman–Crippen MR) is 85.4 cm³/mol. The summed E-state index contributed by atoms with van der Waals surface area (Å²) < 4.78 is 12.2. The van der Waals surface area contributed by atoms with E-state index in [9.17, 15) is 5.11 Å². The molecule has 0 aliphatic rings. The van der Waals surface area contributed by atoms with Gasteiger partial charge < -0.3 is 14.6 Å². The molecule has 0 saturated heterocycles. The summed E-state index contributed by atoms with van der Waals surface area (Å²) in [6.45, 7) is 0. The van der Waals surface area contributed by atoms with Gasteiger partial charge >= 0.3 is 0 Å². The highest BCUT2D eigenvalue weighted by atomic mass is 79.9. The van der Waals surface area contributed by atoms with Crippen molar-refractivity contribution in [2.45, 2.75) is 6.10 Å². The van der Waals surface area contributed by atoms with E-state index in [1.54, 1.807) is 14.2 Å². The molecule has 0 aliphatic heterocycles. The van der Waals surface area contributed by atoms with Gasteiger partial charge in [-0.25, -0.2) is 0 Å². The molecule has 0 heterocycles. The molecule has 106 valence electrons. The highest BCUT2D eigenvalue weighted by Gasteiger charge is 2.17. The van der Waals surface area contributed by atoms with E-state index < -0.39 is 6.10 Å². The number of aliphatic hydroxyl groups is 1. The van der Waals surface area contributed by atoms with Gasteiger partial charge in [0.05, 0.1) is 18.7 Å². The van der Waals surface area contributed by atoms with Crippen molar-refractivity contribution in [2.24, 2.45) is 0 Å². The van der Waals surface area contributed by atoms with Gasteiger partial charge in [-0.3, -0.25) is 0 Å². The van der Waals surface area contributed by atoms with Gasteiger partial charge in [0.1, 0.15) is 17.6 Å². The third-order valence-corrected chi connectivity index (χ3v) is 4.09. The minimum absolute atomic E-state index is 0.646. The molecule has 5 heteroatoms. The summed E-state index contributed by atoms with van der Waals surface area (Å²) in [5.41, 5.74) is 1.47. The fraction of sp³-hybridized carbons (Fsp3) is 0.200. The monoisotopic (exact) mass is 400 g/mol. The second kappa shape index (κ2) is 6.61. The van der Waals surface area contributed by atoms with Gasteiger partial charge in [0, 0.05) is 10.0 Å². The molecule has 2 aromatic rings. The Morgan fingerprint density at radius 3 is 2.20 bits per heavy atom. The first-order chi connectivity index (χ1) is 9.56. The number of rotatable bonds is 4. The standard InChI is InChI=1S/C15H14Br2O3/c1-19-13-6-4-10(16)8-11(13)15(18)9-3-5-14(20-2)12(17)7-9/h3-8,15,18H,1-2H3. The Balaban J connectivity index is 2.43. The maximum atomic E-state index is 10.6. The second-order valence-electron chi connectivity index (χ2n) is 4.18. The van der Waals surface area contributed by atoms with Crippen LogP contribution in [0.5, 0.6) is 11.5 Å². The Morgan fingerprint density at radius 2 is 1.60 bits per heavy atom. The van der Waals surface area contributed by atoms with Crippen molar-refractivity contribution in [2.75, 3.05) is 14.2 Å². The normalized spacial score (nSPS) is 12.1. The predicted octanol–water partition coefficient (Wildman–Crippen LogP) is 4.31. The number of aliphatic hydroxyl groups excluding tert-OH is 1. The van der Waals surface area contributed by atoms with E-state index in [4.69, 9.17) is 9.47 Å². The van der Waals surface area contributed by atoms with Gasteiger partial charge in [0.15, 0.2) is 0 Å². The number of hydrogen-bond donors (Lipinski definition) is 1. The van der Waals surface area contributed by atoms with Crippen LogP contribution in [0.25, 0.3) is 0 Å². The van der Waals surface area contributed by atoms with Gasteiger partial charge in [0.2, 0.25) is 0 Å². The molecule has 0 saturated carbocycles. The molecule has 0 aliphatic carbocycles. The van der Waals surface area contributed by atoms with Crippen LogP contribution >= 0.6 is 31.9 Å². The highest BCUT2D eigenvalue weighted by molar-refractivity contribution is 9.10. The van der Waals surface area contributed by atoms with E-state index in [2.05, 4.69) is 31.9 Å². The molecule has 0 spiro atoms. The summed E-state index contributed by atoms with van der Waals surface area (Å²) in [6, 6.07) is 11.0. The van der Waals surface area contributed by atoms with Crippen LogP contribution in [0.1, 0.15) is 17.2 Å². The average molecular weight is 402 g/mol. The van der Waals surface area contributed by atoms with Crippen LogP contribution < -0.4 is 9.47 Å². The SMILES string of the molecule is COc1ccc(C(O)c2cc(Br)ccc2OC)cc1Br. The lowest BCUT2D eigenvalue weighted by molar-refractivity contribution is 0.214. The minimum atomic E-state index is -0.773. The number of ether oxygens (including phenoxy) is 2. The third kappa shape index (κ3) is 3.16. The summed E-state index contributed by atoms with van der Waals surface area (Å²) in [4.78, 5) is 0. The minimum Gasteiger partial charge on any atom is -0.496 e. The fourth-order valence-electron chi connectivity index (χ4n) is 1.95. The van der Waals surface area contributed by atoms with Crippen LogP contribution in [0.3, 0.4) is 0 Å². The van der Waals surface area contributed by atoms with Crippen molar-refractivity contribution in [1.82, 2.24) is 0 Å². The molecule has 0 amide bonds. The molecule has 3 nitrogen and oxygen atoms in total. The van der Waals surface area contributed by atoms with E-state index in [0.717, 1.165) is 20.3 Å². The fourth-order valence-corrected chi connectivity index (χ4v) is 2.89. The van der Waals surface area contributed by atoms with Gasteiger partial charge in [-0.2, -0.15) is 0 Å². The van der Waals surface area contributed by atoms with Crippen LogP contribution in [0.4, 0.5) is 0 Å². The van der Waals surface area contributed by atoms with E-state index in [-0.39, 0.29) is 0 Å². The van der Waals surface area contributed by atoms with Crippen molar-refractivity contribution in [3.05, 3.63) is 56.5 Å². The third-order valence-electron chi connectivity index (χ3n) is 2.98. The molecular formula is C15H14Br2O3. The lowest BCUT2D eigenvalue weighted by Gasteiger charge is -2.16.